The molecule has 0 saturated carbocycles. The second-order valence-corrected chi connectivity index (χ2v) is 3.97. The van der Waals surface area contributed by atoms with Gasteiger partial charge in [0.15, 0.2) is 0 Å². The first-order valence-electron chi connectivity index (χ1n) is 5.64. The van der Waals surface area contributed by atoms with Crippen LogP contribution in [0.5, 0.6) is 0 Å². The van der Waals surface area contributed by atoms with Gasteiger partial charge in [-0.15, -0.1) is 0 Å². The average Bonchev–Trinajstić information content (AvgIpc) is 2.38. The monoisotopic (exact) mass is 230 g/mol. The number of pyridine rings is 1. The summed E-state index contributed by atoms with van der Waals surface area (Å²) in [6.07, 6.45) is 3.52. The van der Waals surface area contributed by atoms with Crippen molar-refractivity contribution in [1.29, 1.82) is 0 Å². The molecule has 1 heterocycles. The zero-order chi connectivity index (χ0) is 12.1. The van der Waals surface area contributed by atoms with Gasteiger partial charge in [0.25, 0.3) is 0 Å². The summed E-state index contributed by atoms with van der Waals surface area (Å²) >= 11 is 0. The Morgan fingerprint density at radius 3 is 2.59 bits per heavy atom. The lowest BCUT2D eigenvalue weighted by Crippen LogP contribution is -2.18. The van der Waals surface area contributed by atoms with Crippen LogP contribution >= 0.6 is 0 Å². The van der Waals surface area contributed by atoms with Crippen LogP contribution in [0.15, 0.2) is 48.8 Å². The molecule has 2 aromatic rings. The van der Waals surface area contributed by atoms with Gasteiger partial charge in [0.1, 0.15) is 5.82 Å². The molecule has 0 aliphatic carbocycles. The highest BCUT2D eigenvalue weighted by Crippen LogP contribution is 2.12. The summed E-state index contributed by atoms with van der Waals surface area (Å²) in [6, 6.07) is 10.9. The first kappa shape index (κ1) is 11.7. The molecule has 3 heteroatoms. The van der Waals surface area contributed by atoms with Crippen molar-refractivity contribution in [3.05, 3.63) is 65.7 Å². The molecular weight excluding hydrogens is 215 g/mol. The van der Waals surface area contributed by atoms with E-state index in [2.05, 4.69) is 17.2 Å². The van der Waals surface area contributed by atoms with E-state index in [4.69, 9.17) is 0 Å². The molecule has 88 valence electrons. The largest absolute Gasteiger partial charge is 0.306 e. The van der Waals surface area contributed by atoms with Crippen molar-refractivity contribution in [2.75, 3.05) is 0 Å². The van der Waals surface area contributed by atoms with Gasteiger partial charge in [-0.1, -0.05) is 18.2 Å². The van der Waals surface area contributed by atoms with Gasteiger partial charge in [0.05, 0.1) is 0 Å². The molecule has 0 spiro atoms. The van der Waals surface area contributed by atoms with Crippen LogP contribution in [0.2, 0.25) is 0 Å². The fraction of sp³-hybridized carbons (Fsp3) is 0.214. The van der Waals surface area contributed by atoms with Crippen LogP contribution in [-0.2, 0) is 6.54 Å². The molecule has 0 amide bonds. The van der Waals surface area contributed by atoms with Gasteiger partial charge in [-0.3, -0.25) is 4.98 Å². The smallest absolute Gasteiger partial charge is 0.127 e. The highest BCUT2D eigenvalue weighted by atomic mass is 19.1. The zero-order valence-electron chi connectivity index (χ0n) is 9.73. The van der Waals surface area contributed by atoms with Crippen molar-refractivity contribution in [2.45, 2.75) is 19.5 Å². The molecule has 1 aromatic heterocycles. The highest BCUT2D eigenvalue weighted by Gasteiger charge is 2.05. The second-order valence-electron chi connectivity index (χ2n) is 3.97. The number of aromatic nitrogens is 1. The van der Waals surface area contributed by atoms with E-state index in [0.717, 1.165) is 5.56 Å². The molecule has 1 aromatic carbocycles. The van der Waals surface area contributed by atoms with E-state index in [-0.39, 0.29) is 11.9 Å². The Bertz CT molecular complexity index is 471. The quantitative estimate of drug-likeness (QED) is 0.873. The zero-order valence-corrected chi connectivity index (χ0v) is 9.73. The standard InChI is InChI=1S/C14H15FN2/c1-11(12-6-8-16-9-7-12)17-10-13-4-2-3-5-14(13)15/h2-9,11,17H,10H2,1H3/t11-/m0/s1. The number of nitrogens with one attached hydrogen (secondary N) is 1. The molecule has 17 heavy (non-hydrogen) atoms. The van der Waals surface area contributed by atoms with Crippen LogP contribution in [-0.4, -0.2) is 4.98 Å². The van der Waals surface area contributed by atoms with Gasteiger partial charge in [0.2, 0.25) is 0 Å². The van der Waals surface area contributed by atoms with Gasteiger partial charge in [0, 0.05) is 30.5 Å². The van der Waals surface area contributed by atoms with E-state index in [1.54, 1.807) is 24.5 Å². The molecule has 0 aliphatic heterocycles. The summed E-state index contributed by atoms with van der Waals surface area (Å²) in [7, 11) is 0. The SMILES string of the molecule is C[C@H](NCc1ccccc1F)c1ccncc1. The molecule has 1 atom stereocenters. The highest BCUT2D eigenvalue weighted by molar-refractivity contribution is 5.18. The minimum absolute atomic E-state index is 0.165. The lowest BCUT2D eigenvalue weighted by atomic mass is 10.1. The van der Waals surface area contributed by atoms with E-state index < -0.39 is 0 Å². The van der Waals surface area contributed by atoms with Crippen LogP contribution in [0.25, 0.3) is 0 Å². The second kappa shape index (κ2) is 5.55. The van der Waals surface area contributed by atoms with Gasteiger partial charge in [-0.05, 0) is 30.7 Å². The third kappa shape index (κ3) is 3.11. The number of hydrogen-bond acceptors (Lipinski definition) is 2. The molecule has 0 fully saturated rings. The average molecular weight is 230 g/mol. The van der Waals surface area contributed by atoms with Gasteiger partial charge >= 0.3 is 0 Å². The van der Waals surface area contributed by atoms with Gasteiger partial charge < -0.3 is 5.32 Å². The Balaban J connectivity index is 1.97. The van der Waals surface area contributed by atoms with Crippen LogP contribution in [0.3, 0.4) is 0 Å². The van der Waals surface area contributed by atoms with Crippen molar-refractivity contribution in [2.24, 2.45) is 0 Å². The van der Waals surface area contributed by atoms with E-state index in [1.807, 2.05) is 18.2 Å². The van der Waals surface area contributed by atoms with Gasteiger partial charge in [-0.25, -0.2) is 4.39 Å². The fourth-order valence-corrected chi connectivity index (χ4v) is 1.67. The Morgan fingerprint density at radius 1 is 1.18 bits per heavy atom. The number of nitrogens with zero attached hydrogens (tertiary/aromatic N) is 1. The molecule has 0 radical (unpaired) electrons. The number of rotatable bonds is 4. The number of hydrogen-bond donors (Lipinski definition) is 1. The maximum absolute atomic E-state index is 13.4. The number of benzene rings is 1. The van der Waals surface area contributed by atoms with Crippen molar-refractivity contribution in [1.82, 2.24) is 10.3 Å². The Morgan fingerprint density at radius 2 is 1.88 bits per heavy atom. The molecule has 0 unspecified atom stereocenters. The first-order valence-corrected chi connectivity index (χ1v) is 5.64. The van der Waals surface area contributed by atoms with Gasteiger partial charge in [-0.2, -0.15) is 0 Å². The summed E-state index contributed by atoms with van der Waals surface area (Å²) < 4.78 is 13.4. The van der Waals surface area contributed by atoms with Crippen LogP contribution in [0.1, 0.15) is 24.1 Å². The summed E-state index contributed by atoms with van der Waals surface area (Å²) in [5, 5.41) is 3.29. The molecule has 0 aliphatic rings. The lowest BCUT2D eigenvalue weighted by molar-refractivity contribution is 0.544. The molecule has 0 bridgehead atoms. The Kier molecular flexibility index (Phi) is 3.83. The summed E-state index contributed by atoms with van der Waals surface area (Å²) in [4.78, 5) is 3.97. The van der Waals surface area contributed by atoms with Crippen molar-refractivity contribution >= 4 is 0 Å². The van der Waals surface area contributed by atoms with Crippen LogP contribution in [0.4, 0.5) is 4.39 Å². The fourth-order valence-electron chi connectivity index (χ4n) is 1.67. The first-order chi connectivity index (χ1) is 8.27. The summed E-state index contributed by atoms with van der Waals surface area (Å²) in [6.45, 7) is 2.58. The molecule has 0 saturated heterocycles. The minimum Gasteiger partial charge on any atom is -0.306 e. The predicted octanol–water partition coefficient (Wildman–Crippen LogP) is 3.07. The Labute approximate surface area is 101 Å². The molecular formula is C14H15FN2. The molecule has 2 rings (SSSR count). The molecule has 2 nitrogen and oxygen atoms in total. The third-order valence-electron chi connectivity index (χ3n) is 2.76. The molecule has 1 N–H and O–H groups in total. The predicted molar refractivity (Wildman–Crippen MR) is 65.9 cm³/mol. The summed E-state index contributed by atoms with van der Waals surface area (Å²) in [5.74, 6) is -0.165. The van der Waals surface area contributed by atoms with Crippen molar-refractivity contribution in [3.8, 4) is 0 Å². The Hall–Kier alpha value is -1.74. The lowest BCUT2D eigenvalue weighted by Gasteiger charge is -2.14. The third-order valence-corrected chi connectivity index (χ3v) is 2.76. The maximum Gasteiger partial charge on any atom is 0.127 e. The normalized spacial score (nSPS) is 12.4. The summed E-state index contributed by atoms with van der Waals surface area (Å²) in [5.41, 5.74) is 1.84. The van der Waals surface area contributed by atoms with Crippen LogP contribution < -0.4 is 5.32 Å². The van der Waals surface area contributed by atoms with E-state index >= 15 is 0 Å². The van der Waals surface area contributed by atoms with Crippen molar-refractivity contribution in [3.63, 3.8) is 0 Å². The number of halogens is 1. The van der Waals surface area contributed by atoms with Crippen molar-refractivity contribution < 1.29 is 4.39 Å². The maximum atomic E-state index is 13.4. The van der Waals surface area contributed by atoms with E-state index in [1.165, 1.54) is 6.07 Å². The van der Waals surface area contributed by atoms with E-state index in [9.17, 15) is 4.39 Å². The minimum atomic E-state index is -0.165. The van der Waals surface area contributed by atoms with E-state index in [0.29, 0.717) is 12.1 Å². The topological polar surface area (TPSA) is 24.9 Å². The van der Waals surface area contributed by atoms with Crippen LogP contribution in [0, 0.1) is 5.82 Å².